The Morgan fingerprint density at radius 2 is 2.30 bits per heavy atom. The molecule has 0 aliphatic carbocycles. The van der Waals surface area contributed by atoms with Gasteiger partial charge in [-0.05, 0) is 26.4 Å². The Morgan fingerprint density at radius 3 is 3.05 bits per heavy atom. The summed E-state index contributed by atoms with van der Waals surface area (Å²) in [5.41, 5.74) is 0. The molecule has 0 saturated carbocycles. The fraction of sp³-hybridized carbons (Fsp3) is 0.857. The van der Waals surface area contributed by atoms with Crippen LogP contribution in [-0.2, 0) is 11.2 Å². The molecule has 6 nitrogen and oxygen atoms in total. The second-order valence-electron chi connectivity index (χ2n) is 5.36. The molecule has 0 radical (unpaired) electrons. The SMILES string of the molecule is CCCNC(C)Cc1nc(C2CN(CC)CCO2)no1. The quantitative estimate of drug-likeness (QED) is 0.815. The standard InChI is InChI=1S/C14H26N4O2/c1-4-6-15-11(3)9-13-16-14(17-20-13)12-10-18(5-2)7-8-19-12/h11-12,15H,4-10H2,1-3H3. The smallest absolute Gasteiger partial charge is 0.228 e. The Balaban J connectivity index is 1.88. The van der Waals surface area contributed by atoms with Crippen LogP contribution < -0.4 is 5.32 Å². The summed E-state index contributed by atoms with van der Waals surface area (Å²) < 4.78 is 11.1. The van der Waals surface area contributed by atoms with E-state index in [0.29, 0.717) is 17.8 Å². The van der Waals surface area contributed by atoms with Crippen molar-refractivity contribution in [3.63, 3.8) is 0 Å². The number of morpholine rings is 1. The number of hydrogen-bond acceptors (Lipinski definition) is 6. The molecule has 2 rings (SSSR count). The molecule has 0 spiro atoms. The van der Waals surface area contributed by atoms with Crippen molar-refractivity contribution in [2.45, 2.75) is 45.8 Å². The van der Waals surface area contributed by atoms with Crippen molar-refractivity contribution in [3.8, 4) is 0 Å². The van der Waals surface area contributed by atoms with Gasteiger partial charge in [0.2, 0.25) is 11.7 Å². The van der Waals surface area contributed by atoms with Crippen LogP contribution in [0.2, 0.25) is 0 Å². The molecular weight excluding hydrogens is 256 g/mol. The van der Waals surface area contributed by atoms with Gasteiger partial charge < -0.3 is 14.6 Å². The zero-order chi connectivity index (χ0) is 14.4. The Morgan fingerprint density at radius 1 is 1.45 bits per heavy atom. The van der Waals surface area contributed by atoms with Crippen LogP contribution in [0.5, 0.6) is 0 Å². The Labute approximate surface area is 120 Å². The Hall–Kier alpha value is -0.980. The molecule has 0 bridgehead atoms. The van der Waals surface area contributed by atoms with E-state index in [1.807, 2.05) is 0 Å². The predicted molar refractivity (Wildman–Crippen MR) is 76.6 cm³/mol. The van der Waals surface area contributed by atoms with E-state index in [1.165, 1.54) is 0 Å². The first-order valence-electron chi connectivity index (χ1n) is 7.62. The van der Waals surface area contributed by atoms with Gasteiger partial charge in [0.1, 0.15) is 6.10 Å². The minimum Gasteiger partial charge on any atom is -0.367 e. The number of nitrogens with zero attached hydrogens (tertiary/aromatic N) is 3. The Kier molecular flexibility index (Phi) is 5.94. The summed E-state index contributed by atoms with van der Waals surface area (Å²) in [5.74, 6) is 1.37. The van der Waals surface area contributed by atoms with Crippen LogP contribution in [0, 0.1) is 0 Å². The van der Waals surface area contributed by atoms with Crippen molar-refractivity contribution < 1.29 is 9.26 Å². The molecule has 1 saturated heterocycles. The second kappa shape index (κ2) is 7.71. The van der Waals surface area contributed by atoms with Crippen LogP contribution in [0.15, 0.2) is 4.52 Å². The van der Waals surface area contributed by atoms with Gasteiger partial charge in [0.05, 0.1) is 6.61 Å². The summed E-state index contributed by atoms with van der Waals surface area (Å²) in [5, 5.41) is 7.49. The molecule has 0 amide bonds. The van der Waals surface area contributed by atoms with Crippen LogP contribution in [0.4, 0.5) is 0 Å². The number of hydrogen-bond donors (Lipinski definition) is 1. The molecule has 2 heterocycles. The lowest BCUT2D eigenvalue weighted by molar-refractivity contribution is -0.0334. The van der Waals surface area contributed by atoms with E-state index in [2.05, 4.69) is 41.1 Å². The van der Waals surface area contributed by atoms with Crippen molar-refractivity contribution in [2.75, 3.05) is 32.8 Å². The molecule has 2 unspecified atom stereocenters. The minimum atomic E-state index is -0.0555. The van der Waals surface area contributed by atoms with E-state index in [-0.39, 0.29) is 6.10 Å². The van der Waals surface area contributed by atoms with Crippen molar-refractivity contribution >= 4 is 0 Å². The summed E-state index contributed by atoms with van der Waals surface area (Å²) in [6.45, 7) is 11.1. The van der Waals surface area contributed by atoms with E-state index >= 15 is 0 Å². The molecule has 1 N–H and O–H groups in total. The number of rotatable bonds is 7. The van der Waals surface area contributed by atoms with Crippen LogP contribution in [-0.4, -0.2) is 53.9 Å². The van der Waals surface area contributed by atoms with Crippen LogP contribution in [0.25, 0.3) is 0 Å². The highest BCUT2D eigenvalue weighted by Gasteiger charge is 2.25. The van der Waals surface area contributed by atoms with Gasteiger partial charge in [0.15, 0.2) is 0 Å². The van der Waals surface area contributed by atoms with Crippen molar-refractivity contribution in [2.24, 2.45) is 0 Å². The van der Waals surface area contributed by atoms with E-state index in [4.69, 9.17) is 9.26 Å². The molecule has 0 aromatic carbocycles. The first-order valence-corrected chi connectivity index (χ1v) is 7.62. The topological polar surface area (TPSA) is 63.4 Å². The molecule has 6 heteroatoms. The lowest BCUT2D eigenvalue weighted by atomic mass is 10.2. The van der Waals surface area contributed by atoms with Gasteiger partial charge in [-0.2, -0.15) is 4.98 Å². The monoisotopic (exact) mass is 282 g/mol. The maximum atomic E-state index is 5.74. The average molecular weight is 282 g/mol. The van der Waals surface area contributed by atoms with E-state index in [0.717, 1.165) is 45.6 Å². The predicted octanol–water partition coefficient (Wildman–Crippen LogP) is 1.39. The van der Waals surface area contributed by atoms with Crippen LogP contribution >= 0.6 is 0 Å². The maximum absolute atomic E-state index is 5.74. The molecule has 1 aromatic rings. The number of aromatic nitrogens is 2. The van der Waals surface area contributed by atoms with Crippen molar-refractivity contribution in [1.82, 2.24) is 20.4 Å². The molecule has 1 aliphatic rings. The summed E-state index contributed by atoms with van der Waals surface area (Å²) in [6.07, 6.45) is 1.83. The second-order valence-corrected chi connectivity index (χ2v) is 5.36. The first-order chi connectivity index (χ1) is 9.72. The molecule has 1 fully saturated rings. The molecule has 20 heavy (non-hydrogen) atoms. The largest absolute Gasteiger partial charge is 0.367 e. The third-order valence-electron chi connectivity index (χ3n) is 3.59. The number of nitrogens with one attached hydrogen (secondary N) is 1. The highest BCUT2D eigenvalue weighted by atomic mass is 16.5. The highest BCUT2D eigenvalue weighted by Crippen LogP contribution is 2.19. The van der Waals surface area contributed by atoms with Crippen LogP contribution in [0.3, 0.4) is 0 Å². The van der Waals surface area contributed by atoms with Crippen molar-refractivity contribution in [1.29, 1.82) is 0 Å². The third kappa shape index (κ3) is 4.26. The summed E-state index contributed by atoms with van der Waals surface area (Å²) in [6, 6.07) is 0.350. The first kappa shape index (κ1) is 15.4. The number of ether oxygens (including phenoxy) is 1. The fourth-order valence-electron chi connectivity index (χ4n) is 2.35. The fourth-order valence-corrected chi connectivity index (χ4v) is 2.35. The molecule has 114 valence electrons. The summed E-state index contributed by atoms with van der Waals surface area (Å²) in [4.78, 5) is 6.82. The van der Waals surface area contributed by atoms with Gasteiger partial charge in [-0.1, -0.05) is 19.0 Å². The lowest BCUT2D eigenvalue weighted by Crippen LogP contribution is -2.38. The summed E-state index contributed by atoms with van der Waals surface area (Å²) >= 11 is 0. The third-order valence-corrected chi connectivity index (χ3v) is 3.59. The zero-order valence-corrected chi connectivity index (χ0v) is 12.8. The van der Waals surface area contributed by atoms with Gasteiger partial charge in [0, 0.05) is 25.6 Å². The molecule has 1 aliphatic heterocycles. The minimum absolute atomic E-state index is 0.0555. The van der Waals surface area contributed by atoms with E-state index < -0.39 is 0 Å². The molecule has 1 aromatic heterocycles. The summed E-state index contributed by atoms with van der Waals surface area (Å²) in [7, 11) is 0. The Bertz CT molecular complexity index is 396. The van der Waals surface area contributed by atoms with Gasteiger partial charge in [-0.25, -0.2) is 0 Å². The zero-order valence-electron chi connectivity index (χ0n) is 12.8. The molecular formula is C14H26N4O2. The van der Waals surface area contributed by atoms with Gasteiger partial charge >= 0.3 is 0 Å². The molecule has 2 atom stereocenters. The van der Waals surface area contributed by atoms with E-state index in [9.17, 15) is 0 Å². The van der Waals surface area contributed by atoms with Gasteiger partial charge in [0.25, 0.3) is 0 Å². The van der Waals surface area contributed by atoms with E-state index in [1.54, 1.807) is 0 Å². The lowest BCUT2D eigenvalue weighted by Gasteiger charge is -2.30. The highest BCUT2D eigenvalue weighted by molar-refractivity contribution is 4.95. The van der Waals surface area contributed by atoms with Crippen molar-refractivity contribution in [3.05, 3.63) is 11.7 Å². The normalized spacial score (nSPS) is 22.1. The average Bonchev–Trinajstić information content (AvgIpc) is 2.93. The number of likely N-dealkylation sites (N-methyl/N-ethyl adjacent to an activating group) is 1. The van der Waals surface area contributed by atoms with Gasteiger partial charge in [-0.3, -0.25) is 4.90 Å². The van der Waals surface area contributed by atoms with Gasteiger partial charge in [-0.15, -0.1) is 0 Å². The van der Waals surface area contributed by atoms with Crippen LogP contribution in [0.1, 0.15) is 45.0 Å². The maximum Gasteiger partial charge on any atom is 0.228 e.